The maximum Gasteiger partial charge on any atom is 0.573 e. The van der Waals surface area contributed by atoms with Crippen molar-refractivity contribution in [3.05, 3.63) is 15.5 Å². The van der Waals surface area contributed by atoms with E-state index in [-0.39, 0.29) is 18.1 Å². The highest BCUT2D eigenvalue weighted by Gasteiger charge is 2.35. The molecule has 9 heteroatoms. The molecular formula is C11H11F3INO4. The Morgan fingerprint density at radius 2 is 2.05 bits per heavy atom. The zero-order valence-electron chi connectivity index (χ0n) is 10.6. The fourth-order valence-corrected chi connectivity index (χ4v) is 1.98. The number of hydrogen-bond donors (Lipinski definition) is 0. The quantitative estimate of drug-likeness (QED) is 0.557. The van der Waals surface area contributed by atoms with Crippen LogP contribution in [0.15, 0.2) is 6.20 Å². The van der Waals surface area contributed by atoms with E-state index in [0.717, 1.165) is 0 Å². The van der Waals surface area contributed by atoms with Gasteiger partial charge in [-0.3, -0.25) is 9.78 Å². The number of ether oxygens (including phenoxy) is 3. The molecule has 0 amide bonds. The van der Waals surface area contributed by atoms with Gasteiger partial charge in [0.2, 0.25) is 0 Å². The molecule has 1 heterocycles. The van der Waals surface area contributed by atoms with Crippen molar-refractivity contribution in [3.8, 4) is 11.5 Å². The Morgan fingerprint density at radius 1 is 1.40 bits per heavy atom. The zero-order chi connectivity index (χ0) is 15.3. The predicted octanol–water partition coefficient (Wildman–Crippen LogP) is 2.70. The third-order valence-electron chi connectivity index (χ3n) is 2.06. The molecule has 1 aromatic rings. The second kappa shape index (κ2) is 6.95. The molecule has 0 aromatic carbocycles. The number of hydrogen-bond acceptors (Lipinski definition) is 5. The molecular weight excluding hydrogens is 394 g/mol. The fraction of sp³-hybridized carbons (Fsp3) is 0.455. The van der Waals surface area contributed by atoms with E-state index in [0.29, 0.717) is 3.57 Å². The van der Waals surface area contributed by atoms with Gasteiger partial charge in [-0.1, -0.05) is 0 Å². The van der Waals surface area contributed by atoms with Crippen molar-refractivity contribution in [1.29, 1.82) is 0 Å². The first-order valence-electron chi connectivity index (χ1n) is 5.41. The lowest BCUT2D eigenvalue weighted by Gasteiger charge is -2.16. The molecule has 112 valence electrons. The first-order chi connectivity index (χ1) is 9.28. The normalized spacial score (nSPS) is 11.1. The molecule has 0 radical (unpaired) electrons. The van der Waals surface area contributed by atoms with E-state index in [2.05, 4.69) is 14.5 Å². The molecule has 0 N–H and O–H groups in total. The van der Waals surface area contributed by atoms with Crippen molar-refractivity contribution in [3.63, 3.8) is 0 Å². The number of pyridine rings is 1. The monoisotopic (exact) mass is 405 g/mol. The summed E-state index contributed by atoms with van der Waals surface area (Å²) in [5.74, 6) is -1.45. The molecule has 5 nitrogen and oxygen atoms in total. The third-order valence-corrected chi connectivity index (χ3v) is 2.83. The van der Waals surface area contributed by atoms with Crippen LogP contribution >= 0.6 is 22.6 Å². The number of carbonyl (C=O) groups excluding carboxylic acids is 1. The van der Waals surface area contributed by atoms with Gasteiger partial charge < -0.3 is 14.2 Å². The first-order valence-corrected chi connectivity index (χ1v) is 6.49. The summed E-state index contributed by atoms with van der Waals surface area (Å²) in [6.45, 7) is 1.71. The highest BCUT2D eigenvalue weighted by molar-refractivity contribution is 14.1. The lowest BCUT2D eigenvalue weighted by molar-refractivity contribution is -0.275. The molecule has 0 atom stereocenters. The second-order valence-corrected chi connectivity index (χ2v) is 4.61. The number of alkyl halides is 3. The minimum atomic E-state index is -4.91. The van der Waals surface area contributed by atoms with E-state index in [4.69, 9.17) is 4.74 Å². The Balaban J connectivity index is 3.18. The molecule has 0 unspecified atom stereocenters. The van der Waals surface area contributed by atoms with Crippen LogP contribution in [-0.4, -0.2) is 31.0 Å². The van der Waals surface area contributed by atoms with Crippen LogP contribution in [0.5, 0.6) is 11.5 Å². The standard InChI is InChI=1S/C11H11F3INO4/c1-3-19-8(17)4-7-10(20-11(12,13)14)9(18-2)6(15)5-16-7/h5H,3-4H2,1-2H3. The number of methoxy groups -OCH3 is 1. The summed E-state index contributed by atoms with van der Waals surface area (Å²) in [6.07, 6.45) is -4.06. The summed E-state index contributed by atoms with van der Waals surface area (Å²) < 4.78 is 51.1. The summed E-state index contributed by atoms with van der Waals surface area (Å²) in [5, 5.41) is 0. The number of halogens is 4. The summed E-state index contributed by atoms with van der Waals surface area (Å²) in [7, 11) is 1.20. The van der Waals surface area contributed by atoms with Gasteiger partial charge in [-0.05, 0) is 29.5 Å². The van der Waals surface area contributed by atoms with E-state index >= 15 is 0 Å². The summed E-state index contributed by atoms with van der Waals surface area (Å²) in [6, 6.07) is 0. The molecule has 0 aliphatic rings. The minimum Gasteiger partial charge on any atom is -0.492 e. The van der Waals surface area contributed by atoms with Crippen LogP contribution in [0.1, 0.15) is 12.6 Å². The van der Waals surface area contributed by atoms with Crippen molar-refractivity contribution in [2.75, 3.05) is 13.7 Å². The summed E-state index contributed by atoms with van der Waals surface area (Å²) in [5.41, 5.74) is -0.196. The Bertz CT molecular complexity index is 493. The van der Waals surface area contributed by atoms with E-state index < -0.39 is 24.5 Å². The van der Waals surface area contributed by atoms with Crippen molar-refractivity contribution in [2.45, 2.75) is 19.7 Å². The van der Waals surface area contributed by atoms with Crippen LogP contribution in [0.4, 0.5) is 13.2 Å². The Morgan fingerprint density at radius 3 is 2.55 bits per heavy atom. The van der Waals surface area contributed by atoms with Gasteiger partial charge in [0.15, 0.2) is 11.5 Å². The summed E-state index contributed by atoms with van der Waals surface area (Å²) >= 11 is 1.75. The number of rotatable bonds is 5. The lowest BCUT2D eigenvalue weighted by atomic mass is 10.2. The maximum absolute atomic E-state index is 12.4. The van der Waals surface area contributed by atoms with Crippen molar-refractivity contribution in [2.24, 2.45) is 0 Å². The van der Waals surface area contributed by atoms with E-state index in [1.807, 2.05) is 0 Å². The number of carbonyl (C=O) groups is 1. The van der Waals surface area contributed by atoms with Crippen LogP contribution in [-0.2, 0) is 16.0 Å². The topological polar surface area (TPSA) is 57.7 Å². The van der Waals surface area contributed by atoms with Crippen LogP contribution < -0.4 is 9.47 Å². The molecule has 0 aliphatic heterocycles. The van der Waals surface area contributed by atoms with Crippen LogP contribution in [0.25, 0.3) is 0 Å². The molecule has 0 bridgehead atoms. The van der Waals surface area contributed by atoms with E-state index in [1.54, 1.807) is 29.5 Å². The molecule has 0 saturated heterocycles. The fourth-order valence-electron chi connectivity index (χ4n) is 1.38. The van der Waals surface area contributed by atoms with Crippen molar-refractivity contribution >= 4 is 28.6 Å². The highest BCUT2D eigenvalue weighted by atomic mass is 127. The van der Waals surface area contributed by atoms with Crippen LogP contribution in [0, 0.1) is 3.57 Å². The minimum absolute atomic E-state index is 0.121. The maximum atomic E-state index is 12.4. The largest absolute Gasteiger partial charge is 0.573 e. The lowest BCUT2D eigenvalue weighted by Crippen LogP contribution is -2.20. The van der Waals surface area contributed by atoms with Gasteiger partial charge in [-0.15, -0.1) is 13.2 Å². The van der Waals surface area contributed by atoms with E-state index in [1.165, 1.54) is 13.3 Å². The Hall–Kier alpha value is -1.26. The summed E-state index contributed by atoms with van der Waals surface area (Å²) in [4.78, 5) is 15.2. The highest BCUT2D eigenvalue weighted by Crippen LogP contribution is 2.38. The number of aromatic nitrogens is 1. The molecule has 1 aromatic heterocycles. The molecule has 1 rings (SSSR count). The molecule has 0 spiro atoms. The van der Waals surface area contributed by atoms with Gasteiger partial charge in [-0.2, -0.15) is 0 Å². The number of esters is 1. The zero-order valence-corrected chi connectivity index (χ0v) is 12.7. The van der Waals surface area contributed by atoms with Gasteiger partial charge in [0.1, 0.15) is 0 Å². The second-order valence-electron chi connectivity index (χ2n) is 3.44. The average Bonchev–Trinajstić information content (AvgIpc) is 2.31. The Labute approximate surface area is 126 Å². The van der Waals surface area contributed by atoms with Gasteiger partial charge in [0.05, 0.1) is 29.4 Å². The Kier molecular flexibility index (Phi) is 5.84. The average molecular weight is 405 g/mol. The molecule has 0 fully saturated rings. The predicted molar refractivity (Wildman–Crippen MR) is 70.5 cm³/mol. The third kappa shape index (κ3) is 4.69. The van der Waals surface area contributed by atoms with Gasteiger partial charge in [0.25, 0.3) is 0 Å². The smallest absolute Gasteiger partial charge is 0.492 e. The first kappa shape index (κ1) is 16.8. The van der Waals surface area contributed by atoms with Crippen LogP contribution in [0.2, 0.25) is 0 Å². The van der Waals surface area contributed by atoms with Crippen molar-refractivity contribution < 1.29 is 32.2 Å². The van der Waals surface area contributed by atoms with Gasteiger partial charge in [0, 0.05) is 6.20 Å². The van der Waals surface area contributed by atoms with E-state index in [9.17, 15) is 18.0 Å². The number of nitrogens with zero attached hydrogens (tertiary/aromatic N) is 1. The SMILES string of the molecule is CCOC(=O)Cc1ncc(I)c(OC)c1OC(F)(F)F. The molecule has 0 aliphatic carbocycles. The van der Waals surface area contributed by atoms with Gasteiger partial charge >= 0.3 is 12.3 Å². The van der Waals surface area contributed by atoms with Gasteiger partial charge in [-0.25, -0.2) is 0 Å². The van der Waals surface area contributed by atoms with Crippen molar-refractivity contribution in [1.82, 2.24) is 4.98 Å². The molecule has 20 heavy (non-hydrogen) atoms. The molecule has 0 saturated carbocycles. The van der Waals surface area contributed by atoms with Crippen LogP contribution in [0.3, 0.4) is 0 Å².